The van der Waals surface area contributed by atoms with Crippen molar-refractivity contribution in [2.45, 2.75) is 39.5 Å². The lowest BCUT2D eigenvalue weighted by atomic mass is 9.96. The van der Waals surface area contributed by atoms with E-state index in [0.717, 1.165) is 18.5 Å². The Morgan fingerprint density at radius 1 is 1.21 bits per heavy atom. The van der Waals surface area contributed by atoms with Crippen LogP contribution < -0.4 is 5.32 Å². The Labute approximate surface area is 191 Å². The van der Waals surface area contributed by atoms with Gasteiger partial charge in [0.15, 0.2) is 0 Å². The van der Waals surface area contributed by atoms with E-state index >= 15 is 0 Å². The Morgan fingerprint density at radius 2 is 2.06 bits per heavy atom. The number of rotatable bonds is 6. The highest BCUT2D eigenvalue weighted by molar-refractivity contribution is 5.92. The average Bonchev–Trinajstić information content (AvgIpc) is 3.28. The van der Waals surface area contributed by atoms with Crippen LogP contribution in [0.3, 0.4) is 0 Å². The molecule has 1 atom stereocenters. The second kappa shape index (κ2) is 9.89. The highest BCUT2D eigenvalue weighted by Gasteiger charge is 2.28. The number of nitrogens with zero attached hydrogens (tertiary/aromatic N) is 4. The summed E-state index contributed by atoms with van der Waals surface area (Å²) in [7, 11) is 0. The predicted molar refractivity (Wildman–Crippen MR) is 120 cm³/mol. The number of aromatic nitrogens is 3. The molecular weight excluding hydrogens is 425 g/mol. The van der Waals surface area contributed by atoms with Gasteiger partial charge in [0.1, 0.15) is 11.6 Å². The maximum Gasteiger partial charge on any atom is 0.230 e. The molecule has 8 nitrogen and oxygen atoms in total. The summed E-state index contributed by atoms with van der Waals surface area (Å²) in [6, 6.07) is 10.1. The minimum atomic E-state index is -0.295. The van der Waals surface area contributed by atoms with Crippen molar-refractivity contribution in [1.29, 1.82) is 0 Å². The number of nitrogens with one attached hydrogen (secondary N) is 1. The summed E-state index contributed by atoms with van der Waals surface area (Å²) in [5.41, 5.74) is 1.98. The first kappa shape index (κ1) is 22.6. The smallest absolute Gasteiger partial charge is 0.230 e. The Balaban J connectivity index is 1.31. The molecule has 1 aliphatic heterocycles. The highest BCUT2D eigenvalue weighted by atomic mass is 19.1. The van der Waals surface area contributed by atoms with Gasteiger partial charge in [0, 0.05) is 37.2 Å². The van der Waals surface area contributed by atoms with Crippen LogP contribution in [0.25, 0.3) is 11.4 Å². The third-order valence-electron chi connectivity index (χ3n) is 5.72. The van der Waals surface area contributed by atoms with Crippen LogP contribution in [0.1, 0.15) is 36.4 Å². The maximum absolute atomic E-state index is 13.5. The van der Waals surface area contributed by atoms with Gasteiger partial charge >= 0.3 is 0 Å². The first-order valence-electron chi connectivity index (χ1n) is 11.0. The number of benzene rings is 1. The molecule has 1 saturated heterocycles. The number of likely N-dealkylation sites (tertiary alicyclic amines) is 1. The molecule has 1 unspecified atom stereocenters. The summed E-state index contributed by atoms with van der Waals surface area (Å²) in [5, 5.41) is 6.79. The number of piperidine rings is 1. The summed E-state index contributed by atoms with van der Waals surface area (Å²) in [5.74, 6) is 0.475. The van der Waals surface area contributed by atoms with E-state index in [1.165, 1.54) is 6.07 Å². The van der Waals surface area contributed by atoms with E-state index in [2.05, 4.69) is 20.4 Å². The Morgan fingerprint density at radius 3 is 2.85 bits per heavy atom. The van der Waals surface area contributed by atoms with Gasteiger partial charge in [0.25, 0.3) is 0 Å². The number of anilines is 1. The largest absolute Gasteiger partial charge is 0.342 e. The summed E-state index contributed by atoms with van der Waals surface area (Å²) in [6.45, 7) is 4.53. The lowest BCUT2D eigenvalue weighted by molar-refractivity contribution is -0.134. The zero-order chi connectivity index (χ0) is 23.4. The fourth-order valence-corrected chi connectivity index (χ4v) is 3.89. The molecule has 1 aliphatic rings. The van der Waals surface area contributed by atoms with Gasteiger partial charge in [-0.3, -0.25) is 9.59 Å². The number of amides is 2. The number of hydrogen-bond donors (Lipinski definition) is 1. The van der Waals surface area contributed by atoms with Gasteiger partial charge in [-0.2, -0.15) is 4.98 Å². The number of aryl methyl sites for hydroxylation is 3. The first-order valence-corrected chi connectivity index (χ1v) is 11.0. The number of pyridine rings is 1. The number of carbonyl (C=O) groups is 2. The fourth-order valence-electron chi connectivity index (χ4n) is 3.89. The number of halogens is 1. The molecule has 3 heterocycles. The second-order valence-electron chi connectivity index (χ2n) is 8.31. The van der Waals surface area contributed by atoms with Gasteiger partial charge in [-0.1, -0.05) is 11.2 Å². The lowest BCUT2D eigenvalue weighted by Gasteiger charge is -2.32. The van der Waals surface area contributed by atoms with Gasteiger partial charge in [0.2, 0.25) is 23.5 Å². The zero-order valence-electron chi connectivity index (χ0n) is 18.7. The third-order valence-corrected chi connectivity index (χ3v) is 5.72. The van der Waals surface area contributed by atoms with E-state index in [1.807, 2.05) is 19.1 Å². The average molecular weight is 452 g/mol. The van der Waals surface area contributed by atoms with Crippen LogP contribution >= 0.6 is 0 Å². The molecule has 1 N–H and O–H groups in total. The predicted octanol–water partition coefficient (Wildman–Crippen LogP) is 3.70. The molecule has 0 radical (unpaired) electrons. The normalized spacial score (nSPS) is 16.0. The van der Waals surface area contributed by atoms with Crippen molar-refractivity contribution in [2.24, 2.45) is 5.92 Å². The van der Waals surface area contributed by atoms with Crippen LogP contribution in [0.4, 0.5) is 10.2 Å². The molecule has 33 heavy (non-hydrogen) atoms. The standard InChI is InChI=1S/C24H26FN5O3/c1-15-13-17(8-9-19(15)25)23-28-21(33-29-23)10-11-22(31)30-12-4-6-18(14-30)24(32)27-20-7-3-5-16(2)26-20/h3,5,7-9,13,18H,4,6,10-12,14H2,1-2H3,(H,26,27,32). The van der Waals surface area contributed by atoms with Crippen molar-refractivity contribution in [2.75, 3.05) is 18.4 Å². The lowest BCUT2D eigenvalue weighted by Crippen LogP contribution is -2.43. The van der Waals surface area contributed by atoms with Crippen molar-refractivity contribution in [1.82, 2.24) is 20.0 Å². The minimum absolute atomic E-state index is 0.0569. The van der Waals surface area contributed by atoms with Crippen molar-refractivity contribution in [3.8, 4) is 11.4 Å². The van der Waals surface area contributed by atoms with Gasteiger partial charge in [-0.15, -0.1) is 0 Å². The monoisotopic (exact) mass is 451 g/mol. The third kappa shape index (κ3) is 5.60. The van der Waals surface area contributed by atoms with Crippen molar-refractivity contribution in [3.63, 3.8) is 0 Å². The summed E-state index contributed by atoms with van der Waals surface area (Å²) in [4.78, 5) is 35.8. The molecule has 1 fully saturated rings. The fraction of sp³-hybridized carbons (Fsp3) is 0.375. The molecule has 0 aliphatic carbocycles. The molecular formula is C24H26FN5O3. The Bertz CT molecular complexity index is 1160. The molecule has 3 aromatic rings. The van der Waals surface area contributed by atoms with E-state index in [-0.39, 0.29) is 30.0 Å². The topological polar surface area (TPSA) is 101 Å². The van der Waals surface area contributed by atoms with Gasteiger partial charge in [0.05, 0.1) is 5.92 Å². The Hall–Kier alpha value is -3.62. The molecule has 0 spiro atoms. The van der Waals surface area contributed by atoms with E-state index in [1.54, 1.807) is 30.0 Å². The van der Waals surface area contributed by atoms with Gasteiger partial charge in [-0.25, -0.2) is 9.37 Å². The molecule has 2 aromatic heterocycles. The molecule has 0 saturated carbocycles. The summed E-state index contributed by atoms with van der Waals surface area (Å²) >= 11 is 0. The van der Waals surface area contributed by atoms with Crippen molar-refractivity contribution < 1.29 is 18.5 Å². The van der Waals surface area contributed by atoms with Crippen LogP contribution in [-0.2, 0) is 16.0 Å². The second-order valence-corrected chi connectivity index (χ2v) is 8.31. The van der Waals surface area contributed by atoms with Crippen molar-refractivity contribution >= 4 is 17.6 Å². The molecule has 172 valence electrons. The number of hydrogen-bond acceptors (Lipinski definition) is 6. The van der Waals surface area contributed by atoms with E-state index < -0.39 is 0 Å². The van der Waals surface area contributed by atoms with E-state index in [0.29, 0.717) is 48.2 Å². The molecule has 2 amide bonds. The summed E-state index contributed by atoms with van der Waals surface area (Å²) in [6.07, 6.45) is 2.00. The van der Waals surface area contributed by atoms with E-state index in [4.69, 9.17) is 4.52 Å². The number of carbonyl (C=O) groups excluding carboxylic acids is 2. The van der Waals surface area contributed by atoms with Gasteiger partial charge < -0.3 is 14.7 Å². The van der Waals surface area contributed by atoms with Crippen LogP contribution in [0.5, 0.6) is 0 Å². The SMILES string of the molecule is Cc1cccc(NC(=O)C2CCCN(C(=O)CCc3nc(-c4ccc(F)c(C)c4)no3)C2)n1. The molecule has 9 heteroatoms. The molecule has 0 bridgehead atoms. The minimum Gasteiger partial charge on any atom is -0.342 e. The summed E-state index contributed by atoms with van der Waals surface area (Å²) < 4.78 is 18.7. The van der Waals surface area contributed by atoms with E-state index in [9.17, 15) is 14.0 Å². The van der Waals surface area contributed by atoms with Crippen LogP contribution in [-0.4, -0.2) is 44.9 Å². The molecule has 4 rings (SSSR count). The van der Waals surface area contributed by atoms with Crippen LogP contribution in [0.2, 0.25) is 0 Å². The van der Waals surface area contributed by atoms with Crippen LogP contribution in [0.15, 0.2) is 40.9 Å². The van der Waals surface area contributed by atoms with Crippen LogP contribution in [0, 0.1) is 25.6 Å². The maximum atomic E-state index is 13.5. The van der Waals surface area contributed by atoms with Gasteiger partial charge in [-0.05, 0) is 62.6 Å². The highest BCUT2D eigenvalue weighted by Crippen LogP contribution is 2.21. The van der Waals surface area contributed by atoms with Crippen molar-refractivity contribution in [3.05, 3.63) is 59.4 Å². The molecule has 1 aromatic carbocycles. The first-order chi connectivity index (χ1) is 15.9. The quantitative estimate of drug-likeness (QED) is 0.613. The zero-order valence-corrected chi connectivity index (χ0v) is 18.7. The Kier molecular flexibility index (Phi) is 6.76.